The Kier molecular flexibility index (Phi) is 7.23. The summed E-state index contributed by atoms with van der Waals surface area (Å²) in [7, 11) is 0. The van der Waals surface area contributed by atoms with E-state index in [4.69, 9.17) is 25.8 Å². The van der Waals surface area contributed by atoms with Crippen LogP contribution in [-0.4, -0.2) is 43.7 Å². The van der Waals surface area contributed by atoms with Crippen molar-refractivity contribution in [2.75, 3.05) is 31.4 Å². The summed E-state index contributed by atoms with van der Waals surface area (Å²) >= 11 is 7.64. The van der Waals surface area contributed by atoms with E-state index in [0.29, 0.717) is 42.4 Å². The molecule has 0 aromatic heterocycles. The van der Waals surface area contributed by atoms with Gasteiger partial charge in [0.05, 0.1) is 29.5 Å². The number of hydrogen-bond donors (Lipinski definition) is 1. The number of carbonyl (C=O) groups excluding carboxylic acids is 3. The summed E-state index contributed by atoms with van der Waals surface area (Å²) in [5.41, 5.74) is 1.01. The van der Waals surface area contributed by atoms with Gasteiger partial charge in [0, 0.05) is 23.8 Å². The smallest absolute Gasteiger partial charge is 0.338 e. The molecule has 3 rings (SSSR count). The zero-order valence-electron chi connectivity index (χ0n) is 16.5. The van der Waals surface area contributed by atoms with Crippen molar-refractivity contribution in [3.05, 3.63) is 46.5 Å². The summed E-state index contributed by atoms with van der Waals surface area (Å²) in [5.74, 6) is -0.591. The van der Waals surface area contributed by atoms with Gasteiger partial charge in [-0.1, -0.05) is 17.7 Å². The third-order valence-corrected chi connectivity index (χ3v) is 5.28. The van der Waals surface area contributed by atoms with E-state index in [2.05, 4.69) is 5.32 Å². The number of ketones is 1. The minimum Gasteiger partial charge on any atom is -0.489 e. The highest BCUT2D eigenvalue weighted by atomic mass is 35.5. The van der Waals surface area contributed by atoms with Gasteiger partial charge in [-0.25, -0.2) is 4.79 Å². The Hall–Kier alpha value is -2.71. The zero-order chi connectivity index (χ0) is 21.7. The lowest BCUT2D eigenvalue weighted by Crippen LogP contribution is -2.15. The fraction of sp³-hybridized carbons (Fsp3) is 0.286. The van der Waals surface area contributed by atoms with E-state index in [0.717, 1.165) is 4.90 Å². The minimum atomic E-state index is -0.705. The monoisotopic (exact) mass is 449 g/mol. The molecule has 0 bridgehead atoms. The Morgan fingerprint density at radius 1 is 1.13 bits per heavy atom. The van der Waals surface area contributed by atoms with Crippen molar-refractivity contribution in [3.8, 4) is 11.5 Å². The van der Waals surface area contributed by atoms with Crippen LogP contribution in [0.3, 0.4) is 0 Å². The maximum atomic E-state index is 12.5. The molecule has 0 atom stereocenters. The van der Waals surface area contributed by atoms with Crippen molar-refractivity contribution in [1.82, 2.24) is 0 Å². The molecule has 9 heteroatoms. The summed E-state index contributed by atoms with van der Waals surface area (Å²) < 4.78 is 16.3. The van der Waals surface area contributed by atoms with Gasteiger partial charge in [0.2, 0.25) is 5.91 Å². The number of carbonyl (C=O) groups is 3. The van der Waals surface area contributed by atoms with Crippen molar-refractivity contribution in [2.24, 2.45) is 0 Å². The summed E-state index contributed by atoms with van der Waals surface area (Å²) in [6, 6.07) is 7.83. The summed E-state index contributed by atoms with van der Waals surface area (Å²) in [6.45, 7) is 1.85. The maximum absolute atomic E-state index is 12.5. The van der Waals surface area contributed by atoms with Crippen LogP contribution in [0.2, 0.25) is 5.02 Å². The van der Waals surface area contributed by atoms with Gasteiger partial charge in [0.1, 0.15) is 0 Å². The third-order valence-electron chi connectivity index (χ3n) is 4.20. The normalized spacial score (nSPS) is 12.6. The zero-order valence-corrected chi connectivity index (χ0v) is 18.0. The molecule has 1 aliphatic rings. The van der Waals surface area contributed by atoms with Crippen LogP contribution in [0, 0.1) is 0 Å². The van der Waals surface area contributed by atoms with Crippen LogP contribution in [0.1, 0.15) is 34.1 Å². The fourth-order valence-electron chi connectivity index (χ4n) is 2.82. The van der Waals surface area contributed by atoms with Crippen LogP contribution in [-0.2, 0) is 9.53 Å². The Labute approximate surface area is 183 Å². The van der Waals surface area contributed by atoms with Crippen LogP contribution in [0.5, 0.6) is 11.5 Å². The van der Waals surface area contributed by atoms with Crippen molar-refractivity contribution in [2.45, 2.75) is 18.2 Å². The second kappa shape index (κ2) is 9.86. The highest BCUT2D eigenvalue weighted by molar-refractivity contribution is 7.98. The molecular weight excluding hydrogens is 430 g/mol. The number of hydrogen-bond acceptors (Lipinski definition) is 7. The number of halogens is 1. The number of esters is 1. The lowest BCUT2D eigenvalue weighted by Gasteiger charge is -2.12. The van der Waals surface area contributed by atoms with Gasteiger partial charge in [0.15, 0.2) is 23.9 Å². The minimum absolute atomic E-state index is 0.161. The van der Waals surface area contributed by atoms with Crippen molar-refractivity contribution >= 4 is 46.7 Å². The highest BCUT2D eigenvalue weighted by Gasteiger charge is 2.20. The summed E-state index contributed by atoms with van der Waals surface area (Å²) in [4.78, 5) is 37.1. The topological polar surface area (TPSA) is 90.9 Å². The standard InChI is InChI=1S/C21H20ClNO6S/c1-12(24)23-16-9-13(4-5-19(16)30-2)17(25)11-29-21(26)14-8-15(22)20-18(10-14)27-6-3-7-28-20/h4-5,8-10H,3,6-7,11H2,1-2H3,(H,23,24). The molecule has 0 saturated heterocycles. The Morgan fingerprint density at radius 3 is 2.63 bits per heavy atom. The van der Waals surface area contributed by atoms with Crippen molar-refractivity contribution < 1.29 is 28.6 Å². The molecule has 0 unspecified atom stereocenters. The summed E-state index contributed by atoms with van der Waals surface area (Å²) in [6.07, 6.45) is 2.57. The quantitative estimate of drug-likeness (QED) is 0.401. The van der Waals surface area contributed by atoms with E-state index in [1.54, 1.807) is 18.2 Å². The average Bonchev–Trinajstić information content (AvgIpc) is 2.97. The molecule has 1 amide bonds. The predicted octanol–water partition coefficient (Wildman–Crippen LogP) is 4.22. The number of nitrogens with one attached hydrogen (secondary N) is 1. The van der Waals surface area contributed by atoms with E-state index in [9.17, 15) is 14.4 Å². The number of benzene rings is 2. The molecule has 0 spiro atoms. The SMILES string of the molecule is CSc1ccc(C(=O)COC(=O)c2cc(Cl)c3c(c2)OCCCO3)cc1NC(C)=O. The molecule has 0 radical (unpaired) electrons. The average molecular weight is 450 g/mol. The van der Waals surface area contributed by atoms with Crippen LogP contribution in [0.4, 0.5) is 5.69 Å². The van der Waals surface area contributed by atoms with Crippen molar-refractivity contribution in [1.29, 1.82) is 0 Å². The first-order valence-electron chi connectivity index (χ1n) is 9.14. The van der Waals surface area contributed by atoms with Crippen LogP contribution < -0.4 is 14.8 Å². The molecule has 1 N–H and O–H groups in total. The van der Waals surface area contributed by atoms with Gasteiger partial charge in [-0.05, 0) is 30.5 Å². The molecule has 2 aromatic rings. The first-order valence-corrected chi connectivity index (χ1v) is 10.7. The number of rotatable bonds is 6. The number of fused-ring (bicyclic) bond motifs is 1. The molecular formula is C21H20ClNO6S. The molecule has 7 nitrogen and oxygen atoms in total. The highest BCUT2D eigenvalue weighted by Crippen LogP contribution is 2.38. The molecule has 1 aliphatic heterocycles. The predicted molar refractivity (Wildman–Crippen MR) is 114 cm³/mol. The maximum Gasteiger partial charge on any atom is 0.338 e. The summed E-state index contributed by atoms with van der Waals surface area (Å²) in [5, 5.41) is 2.93. The molecule has 158 valence electrons. The van der Waals surface area contributed by atoms with Crippen LogP contribution in [0.25, 0.3) is 0 Å². The van der Waals surface area contributed by atoms with Gasteiger partial charge in [-0.15, -0.1) is 11.8 Å². The van der Waals surface area contributed by atoms with Crippen LogP contribution >= 0.6 is 23.4 Å². The van der Waals surface area contributed by atoms with Gasteiger partial charge in [-0.3, -0.25) is 9.59 Å². The molecule has 0 saturated carbocycles. The second-order valence-electron chi connectivity index (χ2n) is 6.43. The van der Waals surface area contributed by atoms with Gasteiger partial charge >= 0.3 is 5.97 Å². The second-order valence-corrected chi connectivity index (χ2v) is 7.69. The number of anilines is 1. The van der Waals surface area contributed by atoms with E-state index >= 15 is 0 Å². The van der Waals surface area contributed by atoms with Gasteiger partial charge in [0.25, 0.3) is 0 Å². The number of thioether (sulfide) groups is 1. The van der Waals surface area contributed by atoms with E-state index < -0.39 is 18.4 Å². The van der Waals surface area contributed by atoms with E-state index in [1.165, 1.54) is 30.8 Å². The third kappa shape index (κ3) is 5.25. The Bertz CT molecular complexity index is 994. The lowest BCUT2D eigenvalue weighted by atomic mass is 10.1. The van der Waals surface area contributed by atoms with E-state index in [1.807, 2.05) is 6.26 Å². The lowest BCUT2D eigenvalue weighted by molar-refractivity contribution is -0.114. The fourth-order valence-corrected chi connectivity index (χ4v) is 3.61. The Morgan fingerprint density at radius 2 is 1.90 bits per heavy atom. The first-order chi connectivity index (χ1) is 14.4. The first kappa shape index (κ1) is 22.0. The molecule has 30 heavy (non-hydrogen) atoms. The molecule has 2 aromatic carbocycles. The molecule has 0 fully saturated rings. The molecule has 1 heterocycles. The largest absolute Gasteiger partial charge is 0.489 e. The Balaban J connectivity index is 1.70. The van der Waals surface area contributed by atoms with Crippen molar-refractivity contribution in [3.63, 3.8) is 0 Å². The molecule has 0 aliphatic carbocycles. The van der Waals surface area contributed by atoms with Gasteiger partial charge < -0.3 is 19.5 Å². The van der Waals surface area contributed by atoms with E-state index in [-0.39, 0.29) is 16.5 Å². The number of Topliss-reactive ketones (excluding diaryl/α,β-unsaturated/α-hetero) is 1. The number of amides is 1. The number of ether oxygens (including phenoxy) is 3. The van der Waals surface area contributed by atoms with Gasteiger partial charge in [-0.2, -0.15) is 0 Å². The van der Waals surface area contributed by atoms with Crippen LogP contribution in [0.15, 0.2) is 35.2 Å².